The van der Waals surface area contributed by atoms with Crippen LogP contribution < -0.4 is 5.32 Å². The second-order valence-corrected chi connectivity index (χ2v) is 9.14. The fraction of sp³-hybridized carbons (Fsp3) is 0.310. The molecule has 0 atom stereocenters. The van der Waals surface area contributed by atoms with Crippen LogP contribution >= 0.6 is 0 Å². The van der Waals surface area contributed by atoms with Gasteiger partial charge in [-0.2, -0.15) is 0 Å². The van der Waals surface area contributed by atoms with E-state index in [0.717, 1.165) is 65.0 Å². The molecular weight excluding hydrogens is 438 g/mol. The molecule has 0 amide bonds. The average Bonchev–Trinajstić information content (AvgIpc) is 3.20. The third-order valence-electron chi connectivity index (χ3n) is 6.20. The number of benzene rings is 3. The van der Waals surface area contributed by atoms with E-state index in [2.05, 4.69) is 61.0 Å². The lowest BCUT2D eigenvalue weighted by Crippen LogP contribution is -2.22. The van der Waals surface area contributed by atoms with Crippen molar-refractivity contribution >= 4 is 17.0 Å². The van der Waals surface area contributed by atoms with E-state index in [9.17, 15) is 9.90 Å². The molecule has 6 heteroatoms. The molecule has 0 aliphatic heterocycles. The molecule has 1 heterocycles. The number of aryl methyl sites for hydroxylation is 2. The van der Waals surface area contributed by atoms with Crippen LogP contribution in [-0.4, -0.2) is 32.1 Å². The number of aromatic nitrogens is 2. The number of nitrogens with one attached hydrogen (secondary N) is 1. The lowest BCUT2D eigenvalue weighted by atomic mass is 9.95. The maximum atomic E-state index is 11.8. The van der Waals surface area contributed by atoms with Crippen LogP contribution in [0.3, 0.4) is 0 Å². The minimum Gasteiger partial charge on any atom is -0.478 e. The Hall–Kier alpha value is -3.48. The summed E-state index contributed by atoms with van der Waals surface area (Å²) in [7, 11) is 0. The lowest BCUT2D eigenvalue weighted by Gasteiger charge is -2.16. The molecule has 0 aliphatic carbocycles. The summed E-state index contributed by atoms with van der Waals surface area (Å²) in [4.78, 5) is 16.8. The number of carboxylic acids is 1. The predicted molar refractivity (Wildman–Crippen MR) is 142 cm³/mol. The van der Waals surface area contributed by atoms with Crippen LogP contribution in [0.1, 0.15) is 60.9 Å². The van der Waals surface area contributed by atoms with Crippen molar-refractivity contribution in [2.24, 2.45) is 0 Å². The first-order chi connectivity index (χ1) is 16.4. The fourth-order valence-corrected chi connectivity index (χ4v) is 4.48. The summed E-state index contributed by atoms with van der Waals surface area (Å²) in [5.41, 5.74) is 7.45. The summed E-state index contributed by atoms with van der Waals surface area (Å²) >= 11 is 0. The Balaban J connectivity index is 0.00000342. The number of unbranched alkanes of at least 4 members (excludes halogenated alkanes) is 1. The van der Waals surface area contributed by atoms with Gasteiger partial charge in [-0.05, 0) is 59.9 Å². The van der Waals surface area contributed by atoms with Gasteiger partial charge in [0.25, 0.3) is 0 Å². The third-order valence-corrected chi connectivity index (χ3v) is 6.20. The highest BCUT2D eigenvalue weighted by atomic mass is 16.4. The molecule has 0 spiro atoms. The van der Waals surface area contributed by atoms with Crippen molar-refractivity contribution in [2.75, 3.05) is 0 Å². The first kappa shape index (κ1) is 26.1. The van der Waals surface area contributed by atoms with Gasteiger partial charge in [-0.1, -0.05) is 63.6 Å². The molecule has 0 aliphatic rings. The molecule has 4 rings (SSSR count). The van der Waals surface area contributed by atoms with Crippen molar-refractivity contribution in [3.05, 3.63) is 83.2 Å². The average molecular weight is 474 g/mol. The van der Waals surface area contributed by atoms with Gasteiger partial charge in [0.2, 0.25) is 0 Å². The molecule has 0 saturated carbocycles. The number of aromatic carboxylic acids is 1. The third kappa shape index (κ3) is 5.45. The maximum Gasteiger partial charge on any atom is 0.336 e. The van der Waals surface area contributed by atoms with Crippen molar-refractivity contribution < 1.29 is 15.4 Å². The highest BCUT2D eigenvalue weighted by molar-refractivity contribution is 5.96. The number of para-hydroxylation sites is 1. The second-order valence-electron chi connectivity index (χ2n) is 9.14. The molecule has 184 valence electrons. The molecule has 0 saturated heterocycles. The van der Waals surface area contributed by atoms with Gasteiger partial charge in [0.15, 0.2) is 0 Å². The molecule has 3 aromatic carbocycles. The van der Waals surface area contributed by atoms with Crippen LogP contribution in [0.25, 0.3) is 27.8 Å². The standard InChI is InChI=1S/C29H33N3O2.H2O/c1-5-6-14-27-31-26-13-9-10-21(18-30-19(2)3)28(26)32(27)22-15-16-23(20(4)17-22)24-11-7-8-12-25(24)29(33)34;/h7-13,15-17,19,30H,5-6,14,18H2,1-4H3,(H,33,34);1H2. The van der Waals surface area contributed by atoms with Gasteiger partial charge in [-0.25, -0.2) is 9.78 Å². The molecule has 0 fully saturated rings. The predicted octanol–water partition coefficient (Wildman–Crippen LogP) is 5.72. The zero-order chi connectivity index (χ0) is 24.2. The van der Waals surface area contributed by atoms with Crippen LogP contribution in [-0.2, 0) is 13.0 Å². The van der Waals surface area contributed by atoms with Gasteiger partial charge in [0.1, 0.15) is 5.82 Å². The number of nitrogens with zero attached hydrogens (tertiary/aromatic N) is 2. The minimum absolute atomic E-state index is 0. The minimum atomic E-state index is -0.913. The van der Waals surface area contributed by atoms with Gasteiger partial charge in [0.05, 0.1) is 16.6 Å². The van der Waals surface area contributed by atoms with E-state index >= 15 is 0 Å². The Morgan fingerprint density at radius 2 is 1.83 bits per heavy atom. The van der Waals surface area contributed by atoms with Crippen molar-refractivity contribution in [1.29, 1.82) is 0 Å². The Labute approximate surface area is 207 Å². The number of carboxylic acid groups (broad SMARTS) is 1. The molecule has 35 heavy (non-hydrogen) atoms. The van der Waals surface area contributed by atoms with Gasteiger partial charge in [-0.15, -0.1) is 0 Å². The molecule has 6 nitrogen and oxygen atoms in total. The zero-order valence-corrected chi connectivity index (χ0v) is 20.9. The van der Waals surface area contributed by atoms with Gasteiger partial charge in [0, 0.05) is 24.7 Å². The summed E-state index contributed by atoms with van der Waals surface area (Å²) in [6, 6.07) is 20.2. The number of rotatable bonds is 9. The normalized spacial score (nSPS) is 11.1. The van der Waals surface area contributed by atoms with Gasteiger partial charge in [-0.3, -0.25) is 4.57 Å². The van der Waals surface area contributed by atoms with E-state index in [0.29, 0.717) is 11.6 Å². The largest absolute Gasteiger partial charge is 0.478 e. The highest BCUT2D eigenvalue weighted by Gasteiger charge is 2.18. The van der Waals surface area contributed by atoms with E-state index in [4.69, 9.17) is 4.98 Å². The van der Waals surface area contributed by atoms with Crippen LogP contribution in [0.4, 0.5) is 0 Å². The number of carbonyl (C=O) groups is 1. The Kier molecular flexibility index (Phi) is 8.43. The van der Waals surface area contributed by atoms with Gasteiger partial charge < -0.3 is 15.9 Å². The lowest BCUT2D eigenvalue weighted by molar-refractivity contribution is 0.0697. The summed E-state index contributed by atoms with van der Waals surface area (Å²) in [5, 5.41) is 13.2. The molecule has 1 aromatic heterocycles. The summed E-state index contributed by atoms with van der Waals surface area (Å²) in [6.45, 7) is 9.33. The molecule has 4 N–H and O–H groups in total. The number of imidazole rings is 1. The Morgan fingerprint density at radius 1 is 1.06 bits per heavy atom. The first-order valence-electron chi connectivity index (χ1n) is 12.1. The number of fused-ring (bicyclic) bond motifs is 1. The van der Waals surface area contributed by atoms with Crippen LogP contribution in [0.2, 0.25) is 0 Å². The SMILES string of the molecule is CCCCc1nc2cccc(CNC(C)C)c2n1-c1ccc(-c2ccccc2C(=O)O)c(C)c1.O. The van der Waals surface area contributed by atoms with Crippen LogP contribution in [0.15, 0.2) is 60.7 Å². The van der Waals surface area contributed by atoms with Crippen molar-refractivity contribution in [2.45, 2.75) is 59.5 Å². The van der Waals surface area contributed by atoms with E-state index in [1.807, 2.05) is 25.1 Å². The smallest absolute Gasteiger partial charge is 0.336 e. The van der Waals surface area contributed by atoms with Gasteiger partial charge >= 0.3 is 5.97 Å². The quantitative estimate of drug-likeness (QED) is 0.325. The molecular formula is C29H35N3O3. The number of hydrogen-bond acceptors (Lipinski definition) is 3. The van der Waals surface area contributed by atoms with Crippen molar-refractivity contribution in [3.63, 3.8) is 0 Å². The monoisotopic (exact) mass is 473 g/mol. The van der Waals surface area contributed by atoms with E-state index in [1.165, 1.54) is 5.56 Å². The molecule has 0 unspecified atom stereocenters. The second kappa shape index (κ2) is 11.3. The number of hydrogen-bond donors (Lipinski definition) is 2. The van der Waals surface area contributed by atoms with Crippen molar-refractivity contribution in [3.8, 4) is 16.8 Å². The van der Waals surface area contributed by atoms with E-state index < -0.39 is 5.97 Å². The molecule has 4 aromatic rings. The molecule has 0 bridgehead atoms. The van der Waals surface area contributed by atoms with Crippen molar-refractivity contribution in [1.82, 2.24) is 14.9 Å². The first-order valence-corrected chi connectivity index (χ1v) is 12.1. The summed E-state index contributed by atoms with van der Waals surface area (Å²) in [5.74, 6) is 0.149. The summed E-state index contributed by atoms with van der Waals surface area (Å²) < 4.78 is 2.29. The van der Waals surface area contributed by atoms with E-state index in [-0.39, 0.29) is 5.48 Å². The van der Waals surface area contributed by atoms with Crippen LogP contribution in [0, 0.1) is 6.92 Å². The Morgan fingerprint density at radius 3 is 2.51 bits per heavy atom. The zero-order valence-electron chi connectivity index (χ0n) is 20.9. The fourth-order valence-electron chi connectivity index (χ4n) is 4.48. The highest BCUT2D eigenvalue weighted by Crippen LogP contribution is 2.31. The maximum absolute atomic E-state index is 11.8. The molecule has 0 radical (unpaired) electrons. The van der Waals surface area contributed by atoms with E-state index in [1.54, 1.807) is 12.1 Å². The topological polar surface area (TPSA) is 98.7 Å². The van der Waals surface area contributed by atoms with Crippen LogP contribution in [0.5, 0.6) is 0 Å². The summed E-state index contributed by atoms with van der Waals surface area (Å²) in [6.07, 6.45) is 3.09. The Bertz CT molecular complexity index is 1320.